The van der Waals surface area contributed by atoms with Gasteiger partial charge in [-0.1, -0.05) is 15.9 Å². The first-order valence-corrected chi connectivity index (χ1v) is 7.77. The van der Waals surface area contributed by atoms with E-state index in [1.54, 1.807) is 6.92 Å². The summed E-state index contributed by atoms with van der Waals surface area (Å²) < 4.78 is 32.2. The number of carbonyl (C=O) groups is 1. The van der Waals surface area contributed by atoms with Crippen LogP contribution in [-0.4, -0.2) is 21.0 Å². The summed E-state index contributed by atoms with van der Waals surface area (Å²) >= 11 is 3.44. The number of hydrogen-bond acceptors (Lipinski definition) is 5. The van der Waals surface area contributed by atoms with Crippen molar-refractivity contribution in [2.75, 3.05) is 6.61 Å². The maximum atomic E-state index is 11.8. The molecule has 0 saturated carbocycles. The van der Waals surface area contributed by atoms with E-state index in [1.807, 2.05) is 0 Å². The van der Waals surface area contributed by atoms with Crippen molar-refractivity contribution in [3.63, 3.8) is 0 Å². The summed E-state index contributed by atoms with van der Waals surface area (Å²) in [6.45, 7) is 2.27. The van der Waals surface area contributed by atoms with Gasteiger partial charge in [-0.15, -0.1) is 0 Å². The Kier molecular flexibility index (Phi) is 3.84. The van der Waals surface area contributed by atoms with Gasteiger partial charge < -0.3 is 8.92 Å². The van der Waals surface area contributed by atoms with Gasteiger partial charge in [0.25, 0.3) is 0 Å². The van der Waals surface area contributed by atoms with Gasteiger partial charge in [0.2, 0.25) is 0 Å². The highest BCUT2D eigenvalue weighted by atomic mass is 79.9. The van der Waals surface area contributed by atoms with Crippen LogP contribution in [0.1, 0.15) is 27.9 Å². The van der Waals surface area contributed by atoms with Crippen LogP contribution in [-0.2, 0) is 20.9 Å². The average molecular weight is 350 g/mol. The van der Waals surface area contributed by atoms with Crippen molar-refractivity contribution in [1.29, 1.82) is 0 Å². The van der Waals surface area contributed by atoms with Gasteiger partial charge in [-0.2, -0.15) is 13.6 Å². The Morgan fingerprint density at radius 2 is 2.21 bits per heavy atom. The number of fused-ring (bicyclic) bond motifs is 1. The molecule has 2 rings (SSSR count). The zero-order valence-electron chi connectivity index (χ0n) is 10.1. The summed E-state index contributed by atoms with van der Waals surface area (Å²) in [6, 6.07) is 1.52. The molecule has 1 aromatic rings. The third kappa shape index (κ3) is 3.07. The van der Waals surface area contributed by atoms with E-state index in [0.717, 1.165) is 28.4 Å². The molecule has 6 nitrogen and oxygen atoms in total. The Morgan fingerprint density at radius 1 is 1.53 bits per heavy atom. The molecule has 1 aromatic carbocycles. The highest BCUT2D eigenvalue weighted by Crippen LogP contribution is 2.37. The third-order valence-corrected chi connectivity index (χ3v) is 4.21. The molecule has 19 heavy (non-hydrogen) atoms. The Labute approximate surface area is 119 Å². The molecule has 0 fully saturated rings. The van der Waals surface area contributed by atoms with Crippen LogP contribution in [0.25, 0.3) is 0 Å². The van der Waals surface area contributed by atoms with E-state index >= 15 is 0 Å². The number of nitrogens with two attached hydrogens (primary N) is 1. The fraction of sp³-hybridized carbons (Fsp3) is 0.364. The second-order valence-corrected chi connectivity index (χ2v) is 6.12. The SMILES string of the molecule is Cc1cc(C(=O)OS(N)(=O)=O)c2c(c1Br)CCCO2. The third-order valence-electron chi connectivity index (χ3n) is 2.72. The minimum atomic E-state index is -4.34. The Morgan fingerprint density at radius 3 is 2.84 bits per heavy atom. The van der Waals surface area contributed by atoms with Crippen LogP contribution in [0.2, 0.25) is 0 Å². The minimum Gasteiger partial charge on any atom is -0.492 e. The molecule has 0 bridgehead atoms. The zero-order chi connectivity index (χ0) is 14.2. The van der Waals surface area contributed by atoms with E-state index in [-0.39, 0.29) is 5.56 Å². The second kappa shape index (κ2) is 5.10. The van der Waals surface area contributed by atoms with Crippen LogP contribution in [0.15, 0.2) is 10.5 Å². The summed E-state index contributed by atoms with van der Waals surface area (Å²) in [5.74, 6) is -0.673. The number of ether oxygens (including phenoxy) is 1. The van der Waals surface area contributed by atoms with Crippen molar-refractivity contribution in [3.8, 4) is 5.75 Å². The van der Waals surface area contributed by atoms with Crippen molar-refractivity contribution >= 4 is 32.2 Å². The topological polar surface area (TPSA) is 95.7 Å². The lowest BCUT2D eigenvalue weighted by Crippen LogP contribution is -2.22. The van der Waals surface area contributed by atoms with Crippen LogP contribution >= 0.6 is 15.9 Å². The number of rotatable bonds is 2. The highest BCUT2D eigenvalue weighted by Gasteiger charge is 2.26. The fourth-order valence-electron chi connectivity index (χ4n) is 1.96. The van der Waals surface area contributed by atoms with Gasteiger partial charge in [0.15, 0.2) is 0 Å². The number of aryl methyl sites for hydroxylation is 1. The van der Waals surface area contributed by atoms with Gasteiger partial charge >= 0.3 is 16.3 Å². The maximum absolute atomic E-state index is 11.8. The highest BCUT2D eigenvalue weighted by molar-refractivity contribution is 9.10. The molecule has 104 valence electrons. The maximum Gasteiger partial charge on any atom is 0.382 e. The second-order valence-electron chi connectivity index (χ2n) is 4.18. The number of carbonyl (C=O) groups excluding carboxylic acids is 1. The predicted octanol–water partition coefficient (Wildman–Crippen LogP) is 1.44. The molecule has 0 saturated heterocycles. The Hall–Kier alpha value is -1.12. The van der Waals surface area contributed by atoms with Gasteiger partial charge in [-0.3, -0.25) is 0 Å². The lowest BCUT2D eigenvalue weighted by atomic mass is 9.99. The van der Waals surface area contributed by atoms with E-state index in [4.69, 9.17) is 9.88 Å². The number of benzene rings is 1. The minimum absolute atomic E-state index is 0.0735. The summed E-state index contributed by atoms with van der Waals surface area (Å²) in [7, 11) is -4.34. The first-order valence-electron chi connectivity index (χ1n) is 5.51. The molecule has 0 aromatic heterocycles. The monoisotopic (exact) mass is 349 g/mol. The largest absolute Gasteiger partial charge is 0.492 e. The molecular formula is C11H12BrNO5S. The van der Waals surface area contributed by atoms with Crippen LogP contribution < -0.4 is 9.88 Å². The standard InChI is InChI=1S/C11H12BrNO5S/c1-6-5-8(11(14)18-19(13,15)16)10-7(9(6)12)3-2-4-17-10/h5H,2-4H2,1H3,(H2,13,15,16). The number of hydrogen-bond donors (Lipinski definition) is 1. The first kappa shape index (κ1) is 14.3. The lowest BCUT2D eigenvalue weighted by molar-refractivity contribution is 0.0741. The van der Waals surface area contributed by atoms with Crippen LogP contribution in [0.4, 0.5) is 0 Å². The van der Waals surface area contributed by atoms with Crippen molar-refractivity contribution in [3.05, 3.63) is 27.2 Å². The van der Waals surface area contributed by atoms with Crippen molar-refractivity contribution in [2.24, 2.45) is 5.14 Å². The van der Waals surface area contributed by atoms with E-state index < -0.39 is 16.3 Å². The summed E-state index contributed by atoms with van der Waals surface area (Å²) in [6.07, 6.45) is 1.58. The van der Waals surface area contributed by atoms with Gasteiger partial charge in [0.05, 0.1) is 6.61 Å². The smallest absolute Gasteiger partial charge is 0.382 e. The predicted molar refractivity (Wildman–Crippen MR) is 71.2 cm³/mol. The molecule has 0 radical (unpaired) electrons. The molecular weight excluding hydrogens is 338 g/mol. The lowest BCUT2D eigenvalue weighted by Gasteiger charge is -2.22. The van der Waals surface area contributed by atoms with E-state index in [0.29, 0.717) is 12.4 Å². The van der Waals surface area contributed by atoms with Crippen LogP contribution in [0.3, 0.4) is 0 Å². The van der Waals surface area contributed by atoms with Gasteiger partial charge in [0.1, 0.15) is 11.3 Å². The van der Waals surface area contributed by atoms with Crippen molar-refractivity contribution in [2.45, 2.75) is 19.8 Å². The molecule has 0 atom stereocenters. The molecule has 0 unspecified atom stereocenters. The molecule has 0 aliphatic carbocycles. The van der Waals surface area contributed by atoms with Crippen LogP contribution in [0, 0.1) is 6.92 Å². The fourth-order valence-corrected chi connectivity index (χ4v) is 2.75. The molecule has 8 heteroatoms. The average Bonchev–Trinajstić information content (AvgIpc) is 2.31. The van der Waals surface area contributed by atoms with Gasteiger partial charge in [-0.05, 0) is 31.4 Å². The van der Waals surface area contributed by atoms with Crippen molar-refractivity contribution < 1.29 is 22.1 Å². The molecule has 1 aliphatic rings. The summed E-state index contributed by atoms with van der Waals surface area (Å²) in [5.41, 5.74) is 1.71. The van der Waals surface area contributed by atoms with Crippen molar-refractivity contribution in [1.82, 2.24) is 0 Å². The molecule has 1 aliphatic heterocycles. The van der Waals surface area contributed by atoms with Crippen LogP contribution in [0.5, 0.6) is 5.75 Å². The summed E-state index contributed by atoms with van der Waals surface area (Å²) in [4.78, 5) is 11.8. The van der Waals surface area contributed by atoms with E-state index in [1.165, 1.54) is 6.07 Å². The normalized spacial score (nSPS) is 14.5. The Bertz CT molecular complexity index is 641. The molecule has 2 N–H and O–H groups in total. The molecule has 1 heterocycles. The van der Waals surface area contributed by atoms with Gasteiger partial charge in [0, 0.05) is 10.0 Å². The zero-order valence-corrected chi connectivity index (χ0v) is 12.5. The van der Waals surface area contributed by atoms with E-state index in [2.05, 4.69) is 20.1 Å². The first-order chi connectivity index (χ1) is 8.79. The molecule has 0 amide bonds. The van der Waals surface area contributed by atoms with Gasteiger partial charge in [-0.25, -0.2) is 4.79 Å². The Balaban J connectivity index is 2.52. The summed E-state index contributed by atoms with van der Waals surface area (Å²) in [5, 5.41) is 4.70. The molecule has 0 spiro atoms. The van der Waals surface area contributed by atoms with E-state index in [9.17, 15) is 13.2 Å². The number of halogens is 1. The quantitative estimate of drug-likeness (QED) is 0.871.